The van der Waals surface area contributed by atoms with E-state index >= 15 is 0 Å². The first kappa shape index (κ1) is 20.9. The van der Waals surface area contributed by atoms with E-state index in [0.717, 1.165) is 10.2 Å². The van der Waals surface area contributed by atoms with Gasteiger partial charge in [0.15, 0.2) is 0 Å². The molecule has 0 unspecified atom stereocenters. The Bertz CT molecular complexity index is 1020. The molecule has 0 bridgehead atoms. The Morgan fingerprint density at radius 1 is 0.897 bits per heavy atom. The summed E-state index contributed by atoms with van der Waals surface area (Å²) in [6.45, 7) is 2.50. The third-order valence-corrected chi connectivity index (χ3v) is 4.82. The number of ether oxygens (including phenoxy) is 1. The maximum Gasteiger partial charge on any atom is 0.257 e. The van der Waals surface area contributed by atoms with Gasteiger partial charge in [0.2, 0.25) is 0 Å². The highest BCUT2D eigenvalue weighted by atomic mass is 79.9. The summed E-state index contributed by atoms with van der Waals surface area (Å²) < 4.78 is 6.14. The van der Waals surface area contributed by atoms with Gasteiger partial charge in [0.25, 0.3) is 11.8 Å². The first-order valence-electron chi connectivity index (χ1n) is 8.87. The fourth-order valence-corrected chi connectivity index (χ4v) is 3.14. The lowest BCUT2D eigenvalue weighted by atomic mass is 10.1. The van der Waals surface area contributed by atoms with Gasteiger partial charge in [-0.1, -0.05) is 27.5 Å². The summed E-state index contributed by atoms with van der Waals surface area (Å²) in [6.07, 6.45) is 0. The molecule has 0 spiro atoms. The number of amides is 2. The van der Waals surface area contributed by atoms with Gasteiger partial charge < -0.3 is 15.4 Å². The Morgan fingerprint density at radius 2 is 1.48 bits per heavy atom. The van der Waals surface area contributed by atoms with Crippen molar-refractivity contribution in [2.75, 3.05) is 17.2 Å². The smallest absolute Gasteiger partial charge is 0.257 e. The van der Waals surface area contributed by atoms with E-state index in [2.05, 4.69) is 26.6 Å². The number of hydrogen-bond acceptors (Lipinski definition) is 3. The zero-order valence-electron chi connectivity index (χ0n) is 15.5. The molecule has 148 valence electrons. The number of benzene rings is 3. The first-order chi connectivity index (χ1) is 14.0. The summed E-state index contributed by atoms with van der Waals surface area (Å²) in [7, 11) is 0. The van der Waals surface area contributed by atoms with E-state index in [1.807, 2.05) is 6.92 Å². The van der Waals surface area contributed by atoms with Crippen LogP contribution in [0.25, 0.3) is 0 Å². The molecule has 0 aromatic heterocycles. The predicted octanol–water partition coefficient (Wildman–Crippen LogP) is 6.01. The lowest BCUT2D eigenvalue weighted by Gasteiger charge is -2.09. The largest absolute Gasteiger partial charge is 0.494 e. The Hall–Kier alpha value is -2.83. The van der Waals surface area contributed by atoms with E-state index in [0.29, 0.717) is 34.1 Å². The van der Waals surface area contributed by atoms with Gasteiger partial charge in [-0.05, 0) is 73.7 Å². The molecule has 29 heavy (non-hydrogen) atoms. The van der Waals surface area contributed by atoms with Crippen LogP contribution in [0.5, 0.6) is 5.75 Å². The van der Waals surface area contributed by atoms with Gasteiger partial charge in [-0.25, -0.2) is 0 Å². The van der Waals surface area contributed by atoms with Crippen molar-refractivity contribution in [1.29, 1.82) is 0 Å². The minimum absolute atomic E-state index is 0.248. The Morgan fingerprint density at radius 3 is 2.10 bits per heavy atom. The lowest BCUT2D eigenvalue weighted by Crippen LogP contribution is -2.14. The molecular weight excluding hydrogens is 456 g/mol. The summed E-state index contributed by atoms with van der Waals surface area (Å²) in [4.78, 5) is 24.8. The van der Waals surface area contributed by atoms with Gasteiger partial charge in [0, 0.05) is 21.4 Å². The number of nitrogens with one attached hydrogen (secondary N) is 2. The van der Waals surface area contributed by atoms with Crippen LogP contribution in [0.2, 0.25) is 5.02 Å². The lowest BCUT2D eigenvalue weighted by molar-refractivity contribution is 0.102. The highest BCUT2D eigenvalue weighted by molar-refractivity contribution is 9.10. The molecule has 0 aliphatic carbocycles. The zero-order chi connectivity index (χ0) is 20.8. The quantitative estimate of drug-likeness (QED) is 0.461. The topological polar surface area (TPSA) is 67.4 Å². The van der Waals surface area contributed by atoms with Crippen molar-refractivity contribution in [3.63, 3.8) is 0 Å². The fraction of sp³-hybridized carbons (Fsp3) is 0.0909. The molecule has 0 atom stereocenters. The number of rotatable bonds is 6. The molecule has 2 amide bonds. The van der Waals surface area contributed by atoms with Gasteiger partial charge in [-0.3, -0.25) is 9.59 Å². The SMILES string of the molecule is CCOc1ccc(NC(=O)c2ccc(NC(=O)c3cc(Br)ccc3Cl)cc2)cc1. The summed E-state index contributed by atoms with van der Waals surface area (Å²) >= 11 is 9.41. The second-order valence-corrected chi connectivity index (χ2v) is 7.39. The normalized spacial score (nSPS) is 10.3. The fourth-order valence-electron chi connectivity index (χ4n) is 2.58. The Labute approximate surface area is 182 Å². The van der Waals surface area contributed by atoms with Crippen LogP contribution < -0.4 is 15.4 Å². The van der Waals surface area contributed by atoms with E-state index in [1.54, 1.807) is 66.7 Å². The average molecular weight is 474 g/mol. The molecule has 2 N–H and O–H groups in total. The standard InChI is InChI=1S/C22H18BrClN2O3/c1-2-29-18-10-8-17(9-11-18)25-21(27)14-3-6-16(7-4-14)26-22(28)19-13-15(23)5-12-20(19)24/h3-13H,2H2,1H3,(H,25,27)(H,26,28). The van der Waals surface area contributed by atoms with E-state index < -0.39 is 0 Å². The summed E-state index contributed by atoms with van der Waals surface area (Å²) in [5.41, 5.74) is 2.06. The van der Waals surface area contributed by atoms with Crippen molar-refractivity contribution in [3.8, 4) is 5.75 Å². The number of anilines is 2. The van der Waals surface area contributed by atoms with E-state index in [-0.39, 0.29) is 11.8 Å². The molecule has 5 nitrogen and oxygen atoms in total. The molecule has 7 heteroatoms. The van der Waals surface area contributed by atoms with Crippen LogP contribution in [-0.2, 0) is 0 Å². The minimum Gasteiger partial charge on any atom is -0.494 e. The zero-order valence-corrected chi connectivity index (χ0v) is 17.9. The van der Waals surface area contributed by atoms with Crippen molar-refractivity contribution >= 4 is 50.7 Å². The molecule has 0 fully saturated rings. The molecule has 0 heterocycles. The van der Waals surface area contributed by atoms with Gasteiger partial charge in [-0.2, -0.15) is 0 Å². The molecule has 0 aliphatic rings. The van der Waals surface area contributed by atoms with Crippen LogP contribution in [0.1, 0.15) is 27.6 Å². The second kappa shape index (κ2) is 9.58. The monoisotopic (exact) mass is 472 g/mol. The van der Waals surface area contributed by atoms with E-state index in [1.165, 1.54) is 0 Å². The van der Waals surface area contributed by atoms with Crippen molar-refractivity contribution in [2.24, 2.45) is 0 Å². The minimum atomic E-state index is -0.331. The number of halogens is 2. The van der Waals surface area contributed by atoms with Gasteiger partial charge in [0.05, 0.1) is 17.2 Å². The number of carbonyl (C=O) groups excluding carboxylic acids is 2. The molecule has 0 radical (unpaired) electrons. The molecule has 3 aromatic carbocycles. The van der Waals surface area contributed by atoms with Crippen molar-refractivity contribution in [2.45, 2.75) is 6.92 Å². The summed E-state index contributed by atoms with van der Waals surface area (Å²) in [6, 6.07) is 18.8. The van der Waals surface area contributed by atoms with Crippen LogP contribution in [0.3, 0.4) is 0 Å². The van der Waals surface area contributed by atoms with Gasteiger partial charge >= 0.3 is 0 Å². The predicted molar refractivity (Wildman–Crippen MR) is 119 cm³/mol. The average Bonchev–Trinajstić information content (AvgIpc) is 2.72. The second-order valence-electron chi connectivity index (χ2n) is 6.07. The summed E-state index contributed by atoms with van der Waals surface area (Å²) in [5, 5.41) is 5.95. The number of hydrogen-bond donors (Lipinski definition) is 2. The molecule has 0 aliphatic heterocycles. The molecule has 3 aromatic rings. The van der Waals surface area contributed by atoms with Crippen molar-refractivity contribution in [1.82, 2.24) is 0 Å². The van der Waals surface area contributed by atoms with Crippen LogP contribution >= 0.6 is 27.5 Å². The van der Waals surface area contributed by atoms with Crippen LogP contribution in [0.15, 0.2) is 71.2 Å². The molecular formula is C22H18BrClN2O3. The van der Waals surface area contributed by atoms with Crippen molar-refractivity contribution in [3.05, 3.63) is 87.4 Å². The molecule has 0 saturated heterocycles. The summed E-state index contributed by atoms with van der Waals surface area (Å²) in [5.74, 6) is 0.168. The van der Waals surface area contributed by atoms with Crippen LogP contribution in [0.4, 0.5) is 11.4 Å². The van der Waals surface area contributed by atoms with Gasteiger partial charge in [0.1, 0.15) is 5.75 Å². The maximum atomic E-state index is 12.4. The third kappa shape index (κ3) is 5.59. The Balaban J connectivity index is 1.64. The first-order valence-corrected chi connectivity index (χ1v) is 10.0. The highest BCUT2D eigenvalue weighted by Gasteiger charge is 2.12. The molecule has 0 saturated carbocycles. The maximum absolute atomic E-state index is 12.4. The van der Waals surface area contributed by atoms with E-state index in [4.69, 9.17) is 16.3 Å². The third-order valence-electron chi connectivity index (χ3n) is 4.00. The number of carbonyl (C=O) groups is 2. The van der Waals surface area contributed by atoms with Crippen molar-refractivity contribution < 1.29 is 14.3 Å². The van der Waals surface area contributed by atoms with Crippen LogP contribution in [-0.4, -0.2) is 18.4 Å². The van der Waals surface area contributed by atoms with Crippen LogP contribution in [0, 0.1) is 0 Å². The Kier molecular flexibility index (Phi) is 6.90. The van der Waals surface area contributed by atoms with E-state index in [9.17, 15) is 9.59 Å². The molecule has 3 rings (SSSR count). The highest BCUT2D eigenvalue weighted by Crippen LogP contribution is 2.22. The van der Waals surface area contributed by atoms with Gasteiger partial charge in [-0.15, -0.1) is 0 Å².